The number of nitrogens with one attached hydrogen (secondary N) is 1. The lowest BCUT2D eigenvalue weighted by atomic mass is 9.93. The molecule has 1 aliphatic heterocycles. The molecule has 156 valence electrons. The third-order valence-corrected chi connectivity index (χ3v) is 5.53. The van der Waals surface area contributed by atoms with Gasteiger partial charge in [-0.2, -0.15) is 0 Å². The number of hydrogen-bond donors (Lipinski definition) is 2. The van der Waals surface area contributed by atoms with Gasteiger partial charge in [0.1, 0.15) is 28.9 Å². The number of aromatic nitrogens is 3. The van der Waals surface area contributed by atoms with Crippen LogP contribution in [0.2, 0.25) is 0 Å². The zero-order valence-electron chi connectivity index (χ0n) is 16.7. The standard InChI is InChI=1S/C22H25N5O3/c23-14-9-19-22(25-8-7-24-19)20(10-14)30-16-3-1-15(2-4-16)27-21-6-5-17(11-26-21)29-18-12-28-13-18/h5-11,15-16,18H,1-4,12-13,23H2,(H,26,27). The summed E-state index contributed by atoms with van der Waals surface area (Å²) in [7, 11) is 0. The van der Waals surface area contributed by atoms with Crippen molar-refractivity contribution in [2.24, 2.45) is 0 Å². The van der Waals surface area contributed by atoms with Crippen LogP contribution in [0.4, 0.5) is 11.5 Å². The van der Waals surface area contributed by atoms with Gasteiger partial charge in [-0.05, 0) is 43.9 Å². The number of fused-ring (bicyclic) bond motifs is 1. The van der Waals surface area contributed by atoms with Crippen molar-refractivity contribution in [2.45, 2.75) is 43.9 Å². The first-order valence-corrected chi connectivity index (χ1v) is 10.4. The van der Waals surface area contributed by atoms with Crippen molar-refractivity contribution in [3.05, 3.63) is 42.9 Å². The van der Waals surface area contributed by atoms with Crippen LogP contribution >= 0.6 is 0 Å². The number of rotatable bonds is 6. The fraction of sp³-hybridized carbons (Fsp3) is 0.409. The van der Waals surface area contributed by atoms with Gasteiger partial charge in [0.15, 0.2) is 0 Å². The fourth-order valence-corrected chi connectivity index (χ4v) is 3.88. The minimum Gasteiger partial charge on any atom is -0.488 e. The van der Waals surface area contributed by atoms with Crippen molar-refractivity contribution in [3.63, 3.8) is 0 Å². The second kappa shape index (κ2) is 8.31. The van der Waals surface area contributed by atoms with E-state index in [1.54, 1.807) is 18.6 Å². The number of nitrogens with two attached hydrogens (primary N) is 1. The summed E-state index contributed by atoms with van der Waals surface area (Å²) in [6.07, 6.45) is 9.33. The first kappa shape index (κ1) is 18.9. The molecule has 3 heterocycles. The largest absolute Gasteiger partial charge is 0.488 e. The molecule has 0 bridgehead atoms. The maximum absolute atomic E-state index is 6.26. The van der Waals surface area contributed by atoms with Crippen molar-refractivity contribution < 1.29 is 14.2 Å². The normalized spacial score (nSPS) is 21.7. The molecule has 30 heavy (non-hydrogen) atoms. The first-order valence-electron chi connectivity index (χ1n) is 10.4. The first-order chi connectivity index (χ1) is 14.7. The van der Waals surface area contributed by atoms with Crippen molar-refractivity contribution in [2.75, 3.05) is 24.3 Å². The van der Waals surface area contributed by atoms with Crippen LogP contribution in [-0.2, 0) is 4.74 Å². The molecule has 1 saturated heterocycles. The van der Waals surface area contributed by atoms with Crippen LogP contribution in [0.25, 0.3) is 11.0 Å². The number of nitrogen functional groups attached to an aromatic ring is 1. The molecule has 2 fully saturated rings. The van der Waals surface area contributed by atoms with Gasteiger partial charge >= 0.3 is 0 Å². The number of ether oxygens (including phenoxy) is 3. The van der Waals surface area contributed by atoms with E-state index in [1.807, 2.05) is 24.3 Å². The highest BCUT2D eigenvalue weighted by Gasteiger charge is 2.24. The minimum absolute atomic E-state index is 0.142. The van der Waals surface area contributed by atoms with Crippen molar-refractivity contribution in [3.8, 4) is 11.5 Å². The van der Waals surface area contributed by atoms with Gasteiger partial charge in [-0.1, -0.05) is 0 Å². The van der Waals surface area contributed by atoms with Crippen LogP contribution in [0.5, 0.6) is 11.5 Å². The van der Waals surface area contributed by atoms with Crippen LogP contribution < -0.4 is 20.5 Å². The van der Waals surface area contributed by atoms with Gasteiger partial charge in [0, 0.05) is 30.2 Å². The summed E-state index contributed by atoms with van der Waals surface area (Å²) in [5, 5.41) is 3.52. The molecule has 2 aliphatic rings. The average Bonchev–Trinajstić information content (AvgIpc) is 2.73. The quantitative estimate of drug-likeness (QED) is 0.601. The Morgan fingerprint density at radius 1 is 0.933 bits per heavy atom. The number of benzene rings is 1. The third kappa shape index (κ3) is 4.23. The summed E-state index contributed by atoms with van der Waals surface area (Å²) < 4.78 is 17.1. The Balaban J connectivity index is 1.15. The molecule has 0 radical (unpaired) electrons. The summed E-state index contributed by atoms with van der Waals surface area (Å²) in [6, 6.07) is 7.95. The van der Waals surface area contributed by atoms with Crippen molar-refractivity contribution in [1.29, 1.82) is 0 Å². The monoisotopic (exact) mass is 407 g/mol. The van der Waals surface area contributed by atoms with E-state index in [-0.39, 0.29) is 12.2 Å². The molecule has 0 amide bonds. The van der Waals surface area contributed by atoms with E-state index >= 15 is 0 Å². The smallest absolute Gasteiger partial charge is 0.149 e. The van der Waals surface area contributed by atoms with E-state index in [2.05, 4.69) is 20.3 Å². The molecular formula is C22H25N5O3. The van der Waals surface area contributed by atoms with E-state index in [1.165, 1.54) is 0 Å². The van der Waals surface area contributed by atoms with Gasteiger partial charge in [-0.3, -0.25) is 4.98 Å². The molecular weight excluding hydrogens is 382 g/mol. The maximum Gasteiger partial charge on any atom is 0.149 e. The Morgan fingerprint density at radius 3 is 2.50 bits per heavy atom. The van der Waals surface area contributed by atoms with Gasteiger partial charge in [0.2, 0.25) is 0 Å². The van der Waals surface area contributed by atoms with Crippen LogP contribution in [-0.4, -0.2) is 46.4 Å². The highest BCUT2D eigenvalue weighted by atomic mass is 16.6. The number of nitrogens with zero attached hydrogens (tertiary/aromatic N) is 3. The summed E-state index contributed by atoms with van der Waals surface area (Å²) in [6.45, 7) is 1.31. The minimum atomic E-state index is 0.142. The molecule has 2 aromatic heterocycles. The predicted octanol–water partition coefficient (Wildman–Crippen LogP) is 3.19. The number of anilines is 2. The van der Waals surface area contributed by atoms with Gasteiger partial charge in [-0.25, -0.2) is 9.97 Å². The lowest BCUT2D eigenvalue weighted by molar-refractivity contribution is -0.0797. The van der Waals surface area contributed by atoms with Crippen LogP contribution in [0, 0.1) is 0 Å². The molecule has 1 aromatic carbocycles. The topological polar surface area (TPSA) is 104 Å². The number of pyridine rings is 1. The Bertz CT molecular complexity index is 1000. The highest BCUT2D eigenvalue weighted by molar-refractivity contribution is 5.84. The molecule has 1 aliphatic carbocycles. The predicted molar refractivity (Wildman–Crippen MR) is 114 cm³/mol. The van der Waals surface area contributed by atoms with E-state index in [0.29, 0.717) is 30.7 Å². The zero-order valence-corrected chi connectivity index (χ0v) is 16.7. The van der Waals surface area contributed by atoms with E-state index in [0.717, 1.165) is 48.3 Å². The molecule has 5 rings (SSSR count). The lowest BCUT2D eigenvalue weighted by Gasteiger charge is -2.30. The Hall–Kier alpha value is -3.13. The fourth-order valence-electron chi connectivity index (χ4n) is 3.88. The average molecular weight is 407 g/mol. The van der Waals surface area contributed by atoms with E-state index < -0.39 is 0 Å². The second-order valence-electron chi connectivity index (χ2n) is 7.84. The molecule has 0 spiro atoms. The molecule has 8 heteroatoms. The summed E-state index contributed by atoms with van der Waals surface area (Å²) >= 11 is 0. The zero-order chi connectivity index (χ0) is 20.3. The second-order valence-corrected chi connectivity index (χ2v) is 7.84. The van der Waals surface area contributed by atoms with Crippen LogP contribution in [0.15, 0.2) is 42.9 Å². The Morgan fingerprint density at radius 2 is 1.77 bits per heavy atom. The Labute approximate surface area is 174 Å². The van der Waals surface area contributed by atoms with Gasteiger partial charge in [0.05, 0.1) is 31.0 Å². The molecule has 1 saturated carbocycles. The van der Waals surface area contributed by atoms with Gasteiger partial charge in [-0.15, -0.1) is 0 Å². The lowest BCUT2D eigenvalue weighted by Crippen LogP contribution is -2.38. The van der Waals surface area contributed by atoms with Crippen LogP contribution in [0.3, 0.4) is 0 Å². The molecule has 0 atom stereocenters. The van der Waals surface area contributed by atoms with Crippen molar-refractivity contribution in [1.82, 2.24) is 15.0 Å². The highest BCUT2D eigenvalue weighted by Crippen LogP contribution is 2.31. The molecule has 0 unspecified atom stereocenters. The van der Waals surface area contributed by atoms with E-state index in [4.69, 9.17) is 19.9 Å². The SMILES string of the molecule is Nc1cc(OC2CCC(Nc3ccc(OC4COC4)cn3)CC2)c2nccnc2c1. The molecule has 8 nitrogen and oxygen atoms in total. The van der Waals surface area contributed by atoms with Crippen molar-refractivity contribution >= 4 is 22.5 Å². The molecule has 3 N–H and O–H groups in total. The van der Waals surface area contributed by atoms with Gasteiger partial charge < -0.3 is 25.3 Å². The summed E-state index contributed by atoms with van der Waals surface area (Å²) in [5.41, 5.74) is 8.15. The summed E-state index contributed by atoms with van der Waals surface area (Å²) in [4.78, 5) is 13.2. The summed E-state index contributed by atoms with van der Waals surface area (Å²) in [5.74, 6) is 2.36. The molecule has 3 aromatic rings. The third-order valence-electron chi connectivity index (χ3n) is 5.53. The Kier molecular flexibility index (Phi) is 5.23. The maximum atomic E-state index is 6.26. The van der Waals surface area contributed by atoms with Crippen LogP contribution in [0.1, 0.15) is 25.7 Å². The van der Waals surface area contributed by atoms with E-state index in [9.17, 15) is 0 Å². The number of hydrogen-bond acceptors (Lipinski definition) is 8. The van der Waals surface area contributed by atoms with Gasteiger partial charge in [0.25, 0.3) is 0 Å².